The molecule has 94 valence electrons. The minimum absolute atomic E-state index is 0.00521. The predicted octanol–water partition coefficient (Wildman–Crippen LogP) is 2.61. The number of hydrogen-bond donors (Lipinski definition) is 2. The number of nitrogens with zero attached hydrogens (tertiary/aromatic N) is 1. The second kappa shape index (κ2) is 5.64. The summed E-state index contributed by atoms with van der Waals surface area (Å²) in [5.74, 6) is 0.441. The molecule has 0 radical (unpaired) electrons. The summed E-state index contributed by atoms with van der Waals surface area (Å²) in [5, 5.41) is 4.85. The van der Waals surface area contributed by atoms with Gasteiger partial charge in [-0.15, -0.1) is 11.3 Å². The van der Waals surface area contributed by atoms with Gasteiger partial charge in [-0.05, 0) is 42.5 Å². The number of aryl methyl sites for hydroxylation is 2. The highest BCUT2D eigenvalue weighted by Crippen LogP contribution is 2.17. The van der Waals surface area contributed by atoms with Gasteiger partial charge in [0.2, 0.25) is 5.91 Å². The number of hydrogen-bond acceptors (Lipinski definition) is 4. The zero-order valence-electron chi connectivity index (χ0n) is 10.1. The lowest BCUT2D eigenvalue weighted by molar-refractivity contribution is -0.116. The van der Waals surface area contributed by atoms with E-state index in [9.17, 15) is 4.79 Å². The van der Waals surface area contributed by atoms with Crippen molar-refractivity contribution in [2.24, 2.45) is 0 Å². The lowest BCUT2D eigenvalue weighted by Gasteiger charge is -2.04. The monoisotopic (exact) mass is 261 g/mol. The molecule has 0 bridgehead atoms. The van der Waals surface area contributed by atoms with Crippen LogP contribution in [0.15, 0.2) is 29.8 Å². The van der Waals surface area contributed by atoms with Crippen LogP contribution in [0.3, 0.4) is 0 Å². The van der Waals surface area contributed by atoms with Gasteiger partial charge in [-0.3, -0.25) is 4.79 Å². The van der Waals surface area contributed by atoms with Crippen LogP contribution in [0, 0.1) is 6.92 Å². The van der Waals surface area contributed by atoms with Gasteiger partial charge in [-0.2, -0.15) is 0 Å². The molecule has 18 heavy (non-hydrogen) atoms. The Morgan fingerprint density at radius 1 is 1.44 bits per heavy atom. The van der Waals surface area contributed by atoms with Gasteiger partial charge in [0.05, 0.1) is 11.9 Å². The molecule has 2 rings (SSSR count). The maximum absolute atomic E-state index is 11.7. The molecule has 0 aromatic carbocycles. The van der Waals surface area contributed by atoms with E-state index in [1.807, 2.05) is 5.38 Å². The van der Waals surface area contributed by atoms with E-state index in [0.29, 0.717) is 17.9 Å². The summed E-state index contributed by atoms with van der Waals surface area (Å²) >= 11 is 1.69. The molecule has 0 aliphatic heterocycles. The molecular formula is C13H15N3OS. The highest BCUT2D eigenvalue weighted by Gasteiger charge is 2.06. The highest BCUT2D eigenvalue weighted by atomic mass is 32.1. The summed E-state index contributed by atoms with van der Waals surface area (Å²) in [6.45, 7) is 2.06. The molecular weight excluding hydrogens is 246 g/mol. The molecule has 0 aliphatic rings. The van der Waals surface area contributed by atoms with Crippen LogP contribution in [0.4, 0.5) is 11.5 Å². The van der Waals surface area contributed by atoms with Crippen molar-refractivity contribution in [1.29, 1.82) is 0 Å². The van der Waals surface area contributed by atoms with Crippen molar-refractivity contribution in [3.63, 3.8) is 0 Å². The Morgan fingerprint density at radius 3 is 2.89 bits per heavy atom. The predicted molar refractivity (Wildman–Crippen MR) is 74.7 cm³/mol. The van der Waals surface area contributed by atoms with Gasteiger partial charge in [-0.1, -0.05) is 0 Å². The minimum Gasteiger partial charge on any atom is -0.384 e. The number of nitrogens with two attached hydrogens (primary N) is 1. The smallest absolute Gasteiger partial charge is 0.224 e. The van der Waals surface area contributed by atoms with Crippen molar-refractivity contribution in [2.75, 3.05) is 11.1 Å². The fourth-order valence-electron chi connectivity index (χ4n) is 1.59. The van der Waals surface area contributed by atoms with E-state index >= 15 is 0 Å². The number of nitrogen functional groups attached to an aromatic ring is 1. The largest absolute Gasteiger partial charge is 0.384 e. The van der Waals surface area contributed by atoms with Crippen LogP contribution in [-0.2, 0) is 11.2 Å². The standard InChI is InChI=1S/C13H15N3OS/c1-9-6-7-18-11(9)3-5-13(17)16-10-2-4-12(14)15-8-10/h2,4,6-8H,3,5H2,1H3,(H2,14,15)(H,16,17). The number of rotatable bonds is 4. The van der Waals surface area contributed by atoms with Crippen molar-refractivity contribution in [2.45, 2.75) is 19.8 Å². The van der Waals surface area contributed by atoms with Crippen LogP contribution in [-0.4, -0.2) is 10.9 Å². The zero-order valence-corrected chi connectivity index (χ0v) is 11.0. The van der Waals surface area contributed by atoms with E-state index in [-0.39, 0.29) is 5.91 Å². The Balaban J connectivity index is 1.86. The summed E-state index contributed by atoms with van der Waals surface area (Å²) in [6.07, 6.45) is 2.81. The van der Waals surface area contributed by atoms with Gasteiger partial charge < -0.3 is 11.1 Å². The van der Waals surface area contributed by atoms with Crippen LogP contribution < -0.4 is 11.1 Å². The van der Waals surface area contributed by atoms with E-state index in [0.717, 1.165) is 6.42 Å². The van der Waals surface area contributed by atoms with Crippen LogP contribution in [0.25, 0.3) is 0 Å². The van der Waals surface area contributed by atoms with Gasteiger partial charge in [0.1, 0.15) is 5.82 Å². The molecule has 0 unspecified atom stereocenters. The topological polar surface area (TPSA) is 68.0 Å². The average molecular weight is 261 g/mol. The number of carbonyl (C=O) groups excluding carboxylic acids is 1. The van der Waals surface area contributed by atoms with Gasteiger partial charge in [-0.25, -0.2) is 4.98 Å². The van der Waals surface area contributed by atoms with Gasteiger partial charge >= 0.3 is 0 Å². The molecule has 3 N–H and O–H groups in total. The molecule has 2 aromatic heterocycles. The summed E-state index contributed by atoms with van der Waals surface area (Å²) < 4.78 is 0. The molecule has 1 amide bonds. The maximum Gasteiger partial charge on any atom is 0.224 e. The Bertz CT molecular complexity index is 533. The second-order valence-corrected chi connectivity index (χ2v) is 5.05. The molecule has 0 atom stereocenters. The molecule has 0 saturated heterocycles. The number of amides is 1. The Labute approximate surface area is 110 Å². The van der Waals surface area contributed by atoms with Crippen molar-refractivity contribution in [1.82, 2.24) is 4.98 Å². The first-order valence-electron chi connectivity index (χ1n) is 5.69. The van der Waals surface area contributed by atoms with Gasteiger partial charge in [0, 0.05) is 11.3 Å². The van der Waals surface area contributed by atoms with Crippen LogP contribution in [0.5, 0.6) is 0 Å². The number of aromatic nitrogens is 1. The van der Waals surface area contributed by atoms with Crippen LogP contribution in [0.2, 0.25) is 0 Å². The first-order chi connectivity index (χ1) is 8.65. The third-order valence-electron chi connectivity index (χ3n) is 2.62. The maximum atomic E-state index is 11.7. The number of nitrogens with one attached hydrogen (secondary N) is 1. The average Bonchev–Trinajstić information content (AvgIpc) is 2.75. The number of anilines is 2. The lowest BCUT2D eigenvalue weighted by atomic mass is 10.2. The van der Waals surface area contributed by atoms with E-state index in [1.165, 1.54) is 10.4 Å². The lowest BCUT2D eigenvalue weighted by Crippen LogP contribution is -2.12. The molecule has 0 spiro atoms. The highest BCUT2D eigenvalue weighted by molar-refractivity contribution is 7.10. The first-order valence-corrected chi connectivity index (χ1v) is 6.57. The molecule has 0 aliphatic carbocycles. The number of thiophene rings is 1. The van der Waals surface area contributed by atoms with E-state index in [4.69, 9.17) is 5.73 Å². The minimum atomic E-state index is -0.00521. The van der Waals surface area contributed by atoms with E-state index < -0.39 is 0 Å². The third kappa shape index (κ3) is 3.30. The summed E-state index contributed by atoms with van der Waals surface area (Å²) in [4.78, 5) is 16.9. The van der Waals surface area contributed by atoms with Crippen LogP contribution >= 0.6 is 11.3 Å². The van der Waals surface area contributed by atoms with E-state index in [2.05, 4.69) is 23.3 Å². The SMILES string of the molecule is Cc1ccsc1CCC(=O)Nc1ccc(N)nc1. The second-order valence-electron chi connectivity index (χ2n) is 4.05. The summed E-state index contributed by atoms with van der Waals surface area (Å²) in [6, 6.07) is 5.48. The third-order valence-corrected chi connectivity index (χ3v) is 3.70. The number of pyridine rings is 1. The van der Waals surface area contributed by atoms with Gasteiger partial charge in [0.15, 0.2) is 0 Å². The molecule has 4 nitrogen and oxygen atoms in total. The zero-order chi connectivity index (χ0) is 13.0. The van der Waals surface area contributed by atoms with Crippen molar-refractivity contribution >= 4 is 28.7 Å². The Hall–Kier alpha value is -1.88. The Morgan fingerprint density at radius 2 is 2.28 bits per heavy atom. The molecule has 2 aromatic rings. The number of carbonyl (C=O) groups is 1. The molecule has 5 heteroatoms. The fraction of sp³-hybridized carbons (Fsp3) is 0.231. The van der Waals surface area contributed by atoms with Gasteiger partial charge in [0.25, 0.3) is 0 Å². The van der Waals surface area contributed by atoms with Crippen molar-refractivity contribution < 1.29 is 4.79 Å². The molecule has 0 saturated carbocycles. The normalized spacial score (nSPS) is 10.3. The fourth-order valence-corrected chi connectivity index (χ4v) is 2.50. The molecule has 2 heterocycles. The van der Waals surface area contributed by atoms with Crippen LogP contribution in [0.1, 0.15) is 16.9 Å². The van der Waals surface area contributed by atoms with E-state index in [1.54, 1.807) is 29.7 Å². The van der Waals surface area contributed by atoms with Crippen molar-refractivity contribution in [3.05, 3.63) is 40.2 Å². The first kappa shape index (κ1) is 12.6. The Kier molecular flexibility index (Phi) is 3.94. The summed E-state index contributed by atoms with van der Waals surface area (Å²) in [5.41, 5.74) is 7.40. The quantitative estimate of drug-likeness (QED) is 0.889. The molecule has 0 fully saturated rings. The summed E-state index contributed by atoms with van der Waals surface area (Å²) in [7, 11) is 0. The van der Waals surface area contributed by atoms with Crippen molar-refractivity contribution in [3.8, 4) is 0 Å².